The Kier molecular flexibility index (Phi) is 9.78. The Morgan fingerprint density at radius 1 is 1.04 bits per heavy atom. The van der Waals surface area contributed by atoms with Gasteiger partial charge in [-0.2, -0.15) is 0 Å². The SMILES string of the molecule is CC.CCC(=O)N(CC1CCCN(CCc2ccccc2)C1)c1ccccc1. The van der Waals surface area contributed by atoms with E-state index in [4.69, 9.17) is 0 Å². The van der Waals surface area contributed by atoms with Gasteiger partial charge in [0.15, 0.2) is 0 Å². The number of nitrogens with zero attached hydrogens (tertiary/aromatic N) is 2. The Bertz CT molecular complexity index is 671. The van der Waals surface area contributed by atoms with Gasteiger partial charge in [0.05, 0.1) is 0 Å². The Balaban J connectivity index is 0.00000136. The lowest BCUT2D eigenvalue weighted by atomic mass is 9.96. The summed E-state index contributed by atoms with van der Waals surface area (Å²) < 4.78 is 0. The van der Waals surface area contributed by atoms with Crippen LogP contribution in [0.25, 0.3) is 0 Å². The molecule has 1 saturated heterocycles. The molecule has 1 atom stereocenters. The molecule has 1 aliphatic heterocycles. The first kappa shape index (κ1) is 22.2. The van der Waals surface area contributed by atoms with Crippen LogP contribution in [0.1, 0.15) is 45.6 Å². The molecule has 3 nitrogen and oxygen atoms in total. The first-order valence-corrected chi connectivity index (χ1v) is 10.9. The number of likely N-dealkylation sites (tertiary alicyclic amines) is 1. The van der Waals surface area contributed by atoms with Gasteiger partial charge in [-0.25, -0.2) is 0 Å². The first-order valence-electron chi connectivity index (χ1n) is 10.9. The molecule has 2 aromatic rings. The lowest BCUT2D eigenvalue weighted by Gasteiger charge is -2.35. The third-order valence-corrected chi connectivity index (χ3v) is 5.27. The zero-order chi connectivity index (χ0) is 20.2. The van der Waals surface area contributed by atoms with Crippen LogP contribution in [0.2, 0.25) is 0 Å². The molecule has 2 aromatic carbocycles. The summed E-state index contributed by atoms with van der Waals surface area (Å²) in [5.74, 6) is 0.771. The van der Waals surface area contributed by atoms with Crippen molar-refractivity contribution in [1.82, 2.24) is 4.90 Å². The van der Waals surface area contributed by atoms with Crippen molar-refractivity contribution < 1.29 is 4.79 Å². The summed E-state index contributed by atoms with van der Waals surface area (Å²) in [7, 11) is 0. The van der Waals surface area contributed by atoms with Crippen molar-refractivity contribution in [2.75, 3.05) is 31.1 Å². The fourth-order valence-corrected chi connectivity index (χ4v) is 3.84. The van der Waals surface area contributed by atoms with E-state index in [-0.39, 0.29) is 5.91 Å². The van der Waals surface area contributed by atoms with E-state index in [2.05, 4.69) is 35.2 Å². The topological polar surface area (TPSA) is 23.6 Å². The Morgan fingerprint density at radius 3 is 2.32 bits per heavy atom. The maximum Gasteiger partial charge on any atom is 0.226 e. The highest BCUT2D eigenvalue weighted by molar-refractivity contribution is 5.93. The van der Waals surface area contributed by atoms with Crippen molar-refractivity contribution in [3.8, 4) is 0 Å². The second kappa shape index (κ2) is 12.4. The van der Waals surface area contributed by atoms with Gasteiger partial charge in [0.1, 0.15) is 0 Å². The molecule has 0 radical (unpaired) electrons. The predicted octanol–water partition coefficient (Wildman–Crippen LogP) is 5.41. The van der Waals surface area contributed by atoms with Crippen LogP contribution in [0.3, 0.4) is 0 Å². The number of amides is 1. The quantitative estimate of drug-likeness (QED) is 0.641. The number of rotatable bonds is 7. The summed E-state index contributed by atoms with van der Waals surface area (Å²) in [6.45, 7) is 10.2. The van der Waals surface area contributed by atoms with E-state index in [1.807, 2.05) is 56.0 Å². The lowest BCUT2D eigenvalue weighted by molar-refractivity contribution is -0.118. The molecule has 0 saturated carbocycles. The molecule has 0 bridgehead atoms. The van der Waals surface area contributed by atoms with Crippen molar-refractivity contribution in [3.63, 3.8) is 0 Å². The summed E-state index contributed by atoms with van der Waals surface area (Å²) in [4.78, 5) is 17.1. The molecule has 3 heteroatoms. The average molecular weight is 381 g/mol. The standard InChI is InChI=1S/C23H30N2O.C2H6/c1-2-23(26)25(22-13-7-4-8-14-22)19-21-12-9-16-24(18-21)17-15-20-10-5-3-6-11-20;1-2/h3-8,10-11,13-14,21H,2,9,12,15-19H2,1H3;1-2H3. The van der Waals surface area contributed by atoms with Crippen molar-refractivity contribution in [1.29, 1.82) is 0 Å². The summed E-state index contributed by atoms with van der Waals surface area (Å²) in [5, 5.41) is 0. The largest absolute Gasteiger partial charge is 0.312 e. The molecule has 3 rings (SSSR count). The molecule has 1 heterocycles. The minimum Gasteiger partial charge on any atom is -0.312 e. The van der Waals surface area contributed by atoms with Crippen molar-refractivity contribution in [3.05, 3.63) is 66.2 Å². The van der Waals surface area contributed by atoms with E-state index in [0.29, 0.717) is 12.3 Å². The van der Waals surface area contributed by atoms with Gasteiger partial charge in [-0.15, -0.1) is 0 Å². The maximum atomic E-state index is 12.5. The van der Waals surface area contributed by atoms with Gasteiger partial charge in [-0.1, -0.05) is 69.3 Å². The lowest BCUT2D eigenvalue weighted by Crippen LogP contribution is -2.43. The number of hydrogen-bond donors (Lipinski definition) is 0. The number of benzene rings is 2. The van der Waals surface area contributed by atoms with E-state index in [0.717, 1.165) is 31.7 Å². The number of para-hydroxylation sites is 1. The minimum absolute atomic E-state index is 0.220. The van der Waals surface area contributed by atoms with Crippen LogP contribution in [0.4, 0.5) is 5.69 Å². The smallest absolute Gasteiger partial charge is 0.226 e. The zero-order valence-corrected chi connectivity index (χ0v) is 17.8. The monoisotopic (exact) mass is 380 g/mol. The fourth-order valence-electron chi connectivity index (χ4n) is 3.84. The molecule has 152 valence electrons. The van der Waals surface area contributed by atoms with Crippen LogP contribution in [-0.2, 0) is 11.2 Å². The van der Waals surface area contributed by atoms with E-state index in [1.165, 1.54) is 24.9 Å². The van der Waals surface area contributed by atoms with E-state index in [1.54, 1.807) is 0 Å². The third kappa shape index (κ3) is 6.79. The van der Waals surface area contributed by atoms with Crippen LogP contribution in [0, 0.1) is 5.92 Å². The highest BCUT2D eigenvalue weighted by Gasteiger charge is 2.24. The predicted molar refractivity (Wildman–Crippen MR) is 120 cm³/mol. The van der Waals surface area contributed by atoms with Gasteiger partial charge >= 0.3 is 0 Å². The second-order valence-electron chi connectivity index (χ2n) is 7.24. The summed E-state index contributed by atoms with van der Waals surface area (Å²) in [6, 6.07) is 20.8. The van der Waals surface area contributed by atoms with Gasteiger partial charge in [-0.05, 0) is 49.4 Å². The van der Waals surface area contributed by atoms with Gasteiger partial charge < -0.3 is 9.80 Å². The number of carbonyl (C=O) groups excluding carboxylic acids is 1. The van der Waals surface area contributed by atoms with Crippen LogP contribution in [0.5, 0.6) is 0 Å². The molecule has 0 aromatic heterocycles. The highest BCUT2D eigenvalue weighted by atomic mass is 16.2. The third-order valence-electron chi connectivity index (χ3n) is 5.27. The van der Waals surface area contributed by atoms with Gasteiger partial charge in [0.25, 0.3) is 0 Å². The highest BCUT2D eigenvalue weighted by Crippen LogP contribution is 2.22. The molecular formula is C25H36N2O. The zero-order valence-electron chi connectivity index (χ0n) is 17.8. The van der Waals surface area contributed by atoms with E-state index >= 15 is 0 Å². The molecule has 0 spiro atoms. The normalized spacial score (nSPS) is 16.8. The van der Waals surface area contributed by atoms with Crippen molar-refractivity contribution in [2.24, 2.45) is 5.92 Å². The summed E-state index contributed by atoms with van der Waals surface area (Å²) in [6.07, 6.45) is 4.09. The Morgan fingerprint density at radius 2 is 1.68 bits per heavy atom. The van der Waals surface area contributed by atoms with Crippen molar-refractivity contribution >= 4 is 11.6 Å². The number of hydrogen-bond acceptors (Lipinski definition) is 2. The maximum absolute atomic E-state index is 12.5. The van der Waals surface area contributed by atoms with Crippen LogP contribution < -0.4 is 4.90 Å². The van der Waals surface area contributed by atoms with Gasteiger partial charge in [0, 0.05) is 31.7 Å². The number of anilines is 1. The number of piperidine rings is 1. The number of carbonyl (C=O) groups is 1. The molecule has 0 N–H and O–H groups in total. The Hall–Kier alpha value is -2.13. The molecule has 1 amide bonds. The molecule has 0 aliphatic carbocycles. The van der Waals surface area contributed by atoms with Crippen LogP contribution in [0.15, 0.2) is 60.7 Å². The summed E-state index contributed by atoms with van der Waals surface area (Å²) >= 11 is 0. The second-order valence-corrected chi connectivity index (χ2v) is 7.24. The average Bonchev–Trinajstić information content (AvgIpc) is 2.78. The molecular weight excluding hydrogens is 344 g/mol. The first-order chi connectivity index (χ1) is 13.8. The molecule has 1 unspecified atom stereocenters. The van der Waals surface area contributed by atoms with E-state index < -0.39 is 0 Å². The fraction of sp³-hybridized carbons (Fsp3) is 0.480. The van der Waals surface area contributed by atoms with E-state index in [9.17, 15) is 4.79 Å². The minimum atomic E-state index is 0.220. The van der Waals surface area contributed by atoms with Gasteiger partial charge in [0.2, 0.25) is 5.91 Å². The van der Waals surface area contributed by atoms with Crippen molar-refractivity contribution in [2.45, 2.75) is 46.5 Å². The van der Waals surface area contributed by atoms with Crippen LogP contribution >= 0.6 is 0 Å². The summed E-state index contributed by atoms with van der Waals surface area (Å²) in [5.41, 5.74) is 2.43. The Labute approximate surface area is 171 Å². The molecule has 28 heavy (non-hydrogen) atoms. The van der Waals surface area contributed by atoms with Crippen LogP contribution in [-0.4, -0.2) is 37.0 Å². The molecule has 1 fully saturated rings. The molecule has 1 aliphatic rings. The van der Waals surface area contributed by atoms with Gasteiger partial charge in [-0.3, -0.25) is 4.79 Å².